The van der Waals surface area contributed by atoms with Gasteiger partial charge in [-0.2, -0.15) is 0 Å². The summed E-state index contributed by atoms with van der Waals surface area (Å²) in [5.41, 5.74) is 2.96. The Morgan fingerprint density at radius 2 is 1.67 bits per heavy atom. The summed E-state index contributed by atoms with van der Waals surface area (Å²) in [6.07, 6.45) is 7.10. The molecule has 0 atom stereocenters. The van der Waals surface area contributed by atoms with E-state index in [0.29, 0.717) is 6.01 Å². The Kier molecular flexibility index (Phi) is 5.08. The Morgan fingerprint density at radius 1 is 1.04 bits per heavy atom. The van der Waals surface area contributed by atoms with Crippen LogP contribution in [0, 0.1) is 13.8 Å². The van der Waals surface area contributed by atoms with Gasteiger partial charge in [-0.25, -0.2) is 9.97 Å². The summed E-state index contributed by atoms with van der Waals surface area (Å²) in [6, 6.07) is 8.35. The number of benzene rings is 1. The number of amides is 1. The second-order valence-electron chi connectivity index (χ2n) is 6.47. The molecule has 0 saturated heterocycles. The molecule has 2 aromatic rings. The lowest BCUT2D eigenvalue weighted by Crippen LogP contribution is -2.39. The topological polar surface area (TPSA) is 64.1 Å². The first-order chi connectivity index (χ1) is 11.6. The zero-order chi connectivity index (χ0) is 16.9. The van der Waals surface area contributed by atoms with Crippen molar-refractivity contribution < 1.29 is 9.53 Å². The lowest BCUT2D eigenvalue weighted by atomic mass is 9.92. The molecule has 126 valence electrons. The first-order valence-electron chi connectivity index (χ1n) is 8.43. The van der Waals surface area contributed by atoms with Gasteiger partial charge in [0.2, 0.25) is 0 Å². The van der Waals surface area contributed by atoms with Crippen molar-refractivity contribution in [3.63, 3.8) is 0 Å². The Hall–Kier alpha value is -2.43. The highest BCUT2D eigenvalue weighted by atomic mass is 16.5. The van der Waals surface area contributed by atoms with Crippen LogP contribution in [-0.4, -0.2) is 28.0 Å². The number of aromatic nitrogens is 2. The largest absolute Gasteiger partial charge is 0.460 e. The number of ether oxygens (including phenoxy) is 1. The van der Waals surface area contributed by atoms with Crippen LogP contribution in [0.4, 0.5) is 0 Å². The lowest BCUT2D eigenvalue weighted by Gasteiger charge is -2.28. The fourth-order valence-electron chi connectivity index (χ4n) is 3.19. The van der Waals surface area contributed by atoms with Crippen LogP contribution >= 0.6 is 0 Å². The van der Waals surface area contributed by atoms with E-state index < -0.39 is 0 Å². The zero-order valence-corrected chi connectivity index (χ0v) is 14.2. The van der Waals surface area contributed by atoms with E-state index in [4.69, 9.17) is 4.74 Å². The quantitative estimate of drug-likeness (QED) is 0.937. The van der Waals surface area contributed by atoms with Crippen LogP contribution < -0.4 is 10.1 Å². The minimum atomic E-state index is 0.0116. The van der Waals surface area contributed by atoms with Gasteiger partial charge in [0.05, 0.1) is 0 Å². The summed E-state index contributed by atoms with van der Waals surface area (Å²) in [4.78, 5) is 20.6. The van der Waals surface area contributed by atoms with Gasteiger partial charge in [-0.1, -0.05) is 17.2 Å². The van der Waals surface area contributed by atoms with Crippen LogP contribution in [0.3, 0.4) is 0 Å². The molecule has 0 aliphatic heterocycles. The minimum absolute atomic E-state index is 0.0116. The van der Waals surface area contributed by atoms with Gasteiger partial charge in [-0.15, -0.1) is 0 Å². The van der Waals surface area contributed by atoms with Crippen LogP contribution in [0.25, 0.3) is 0 Å². The van der Waals surface area contributed by atoms with Gasteiger partial charge in [-0.3, -0.25) is 4.79 Å². The molecule has 1 heterocycles. The van der Waals surface area contributed by atoms with E-state index in [1.807, 2.05) is 26.0 Å². The number of carbonyl (C=O) groups excluding carboxylic acids is 1. The lowest BCUT2D eigenvalue weighted by molar-refractivity contribution is 0.0885. The standard InChI is InChI=1S/C19H23N3O2/c1-13-10-14(2)12-15(11-13)18(23)22-16-4-6-17(7-5-16)24-19-20-8-3-9-21-19/h3,8-12,16-17H,4-7H2,1-2H3,(H,22,23). The van der Waals surface area contributed by atoms with E-state index in [0.717, 1.165) is 42.4 Å². The number of nitrogens with zero attached hydrogens (tertiary/aromatic N) is 2. The van der Waals surface area contributed by atoms with E-state index in [1.54, 1.807) is 18.5 Å². The number of hydrogen-bond acceptors (Lipinski definition) is 4. The van der Waals surface area contributed by atoms with Crippen LogP contribution in [-0.2, 0) is 0 Å². The minimum Gasteiger partial charge on any atom is -0.460 e. The van der Waals surface area contributed by atoms with E-state index >= 15 is 0 Å². The second-order valence-corrected chi connectivity index (χ2v) is 6.47. The predicted molar refractivity (Wildman–Crippen MR) is 92.1 cm³/mol. The van der Waals surface area contributed by atoms with Gasteiger partial charge < -0.3 is 10.1 Å². The molecule has 1 aliphatic rings. The summed E-state index contributed by atoms with van der Waals surface area (Å²) in [7, 11) is 0. The molecule has 0 bridgehead atoms. The normalized spacial score (nSPS) is 20.4. The molecule has 5 nitrogen and oxygen atoms in total. The molecule has 24 heavy (non-hydrogen) atoms. The van der Waals surface area contributed by atoms with Crippen molar-refractivity contribution in [2.24, 2.45) is 0 Å². The summed E-state index contributed by atoms with van der Waals surface area (Å²) in [5.74, 6) is 0.0116. The molecule has 1 amide bonds. The summed E-state index contributed by atoms with van der Waals surface area (Å²) < 4.78 is 5.79. The fraction of sp³-hybridized carbons (Fsp3) is 0.421. The van der Waals surface area contributed by atoms with Gasteiger partial charge in [0.15, 0.2) is 0 Å². The highest BCUT2D eigenvalue weighted by molar-refractivity contribution is 5.94. The van der Waals surface area contributed by atoms with E-state index in [1.165, 1.54) is 0 Å². The van der Waals surface area contributed by atoms with Crippen molar-refractivity contribution in [1.29, 1.82) is 0 Å². The summed E-state index contributed by atoms with van der Waals surface area (Å²) in [6.45, 7) is 4.02. The maximum atomic E-state index is 12.4. The van der Waals surface area contributed by atoms with Crippen molar-refractivity contribution >= 4 is 5.91 Å². The SMILES string of the molecule is Cc1cc(C)cc(C(=O)NC2CCC(Oc3ncccn3)CC2)c1. The zero-order valence-electron chi connectivity index (χ0n) is 14.2. The number of aryl methyl sites for hydroxylation is 2. The first kappa shape index (κ1) is 16.4. The molecule has 1 aliphatic carbocycles. The highest BCUT2D eigenvalue weighted by Gasteiger charge is 2.24. The van der Waals surface area contributed by atoms with Gasteiger partial charge in [0, 0.05) is 24.0 Å². The highest BCUT2D eigenvalue weighted by Crippen LogP contribution is 2.22. The first-order valence-corrected chi connectivity index (χ1v) is 8.43. The predicted octanol–water partition coefficient (Wildman–Crippen LogP) is 3.21. The van der Waals surface area contributed by atoms with Gasteiger partial charge in [-0.05, 0) is 57.7 Å². The molecule has 5 heteroatoms. The Balaban J connectivity index is 1.51. The second kappa shape index (κ2) is 7.43. The molecule has 0 unspecified atom stereocenters. The molecular formula is C19H23N3O2. The molecule has 1 N–H and O–H groups in total. The van der Waals surface area contributed by atoms with Crippen molar-refractivity contribution in [2.75, 3.05) is 0 Å². The van der Waals surface area contributed by atoms with Crippen molar-refractivity contribution in [2.45, 2.75) is 51.7 Å². The van der Waals surface area contributed by atoms with Gasteiger partial charge in [0.25, 0.3) is 5.91 Å². The summed E-state index contributed by atoms with van der Waals surface area (Å²) in [5, 5.41) is 3.15. The van der Waals surface area contributed by atoms with E-state index in [2.05, 4.69) is 21.4 Å². The fourth-order valence-corrected chi connectivity index (χ4v) is 3.19. The van der Waals surface area contributed by atoms with E-state index in [-0.39, 0.29) is 18.1 Å². The molecule has 1 fully saturated rings. The van der Waals surface area contributed by atoms with Crippen molar-refractivity contribution in [3.8, 4) is 6.01 Å². The van der Waals surface area contributed by atoms with Crippen molar-refractivity contribution in [3.05, 3.63) is 53.3 Å². The molecule has 0 spiro atoms. The molecule has 0 radical (unpaired) electrons. The average molecular weight is 325 g/mol. The van der Waals surface area contributed by atoms with Crippen LogP contribution in [0.1, 0.15) is 47.2 Å². The molecular weight excluding hydrogens is 302 g/mol. The molecule has 1 aromatic heterocycles. The summed E-state index contributed by atoms with van der Waals surface area (Å²) >= 11 is 0. The van der Waals surface area contributed by atoms with Crippen LogP contribution in [0.15, 0.2) is 36.7 Å². The number of rotatable bonds is 4. The average Bonchev–Trinajstić information content (AvgIpc) is 2.57. The monoisotopic (exact) mass is 325 g/mol. The molecule has 3 rings (SSSR count). The maximum absolute atomic E-state index is 12.4. The Bertz CT molecular complexity index is 675. The smallest absolute Gasteiger partial charge is 0.316 e. The van der Waals surface area contributed by atoms with Gasteiger partial charge >= 0.3 is 6.01 Å². The third kappa shape index (κ3) is 4.31. The van der Waals surface area contributed by atoms with E-state index in [9.17, 15) is 4.79 Å². The van der Waals surface area contributed by atoms with Crippen molar-refractivity contribution in [1.82, 2.24) is 15.3 Å². The number of hydrogen-bond donors (Lipinski definition) is 1. The Morgan fingerprint density at radius 3 is 2.29 bits per heavy atom. The number of nitrogens with one attached hydrogen (secondary N) is 1. The van der Waals surface area contributed by atoms with Crippen LogP contribution in [0.2, 0.25) is 0 Å². The Labute approximate surface area is 142 Å². The number of carbonyl (C=O) groups is 1. The third-order valence-corrected chi connectivity index (χ3v) is 4.31. The third-order valence-electron chi connectivity index (χ3n) is 4.31. The maximum Gasteiger partial charge on any atom is 0.316 e. The molecule has 1 saturated carbocycles. The van der Waals surface area contributed by atoms with Gasteiger partial charge in [0.1, 0.15) is 6.10 Å². The van der Waals surface area contributed by atoms with Crippen LogP contribution in [0.5, 0.6) is 6.01 Å². The molecule has 1 aromatic carbocycles.